The van der Waals surface area contributed by atoms with Crippen molar-refractivity contribution < 1.29 is 9.18 Å². The minimum absolute atomic E-state index is 0.304. The minimum atomic E-state index is -0.326. The fourth-order valence-electron chi connectivity index (χ4n) is 3.18. The fourth-order valence-corrected chi connectivity index (χ4v) is 3.31. The standard InChI is InChI=1S/C22H19ClFN5O/c1-13-21(14(2)29(28-13)12-15-3-7-17(23)8-4-15)25-22(30)20-11-19(26-27-20)16-5-9-18(24)10-6-16/h3-11H,12H2,1-2H3,(H,25,30)(H,26,27). The maximum absolute atomic E-state index is 13.1. The molecule has 6 nitrogen and oxygen atoms in total. The molecule has 2 N–H and O–H groups in total. The van der Waals surface area contributed by atoms with Crippen molar-refractivity contribution in [2.45, 2.75) is 20.4 Å². The SMILES string of the molecule is Cc1nn(Cc2ccc(Cl)cc2)c(C)c1NC(=O)c1cc(-c2ccc(F)cc2)n[nH]1. The lowest BCUT2D eigenvalue weighted by Gasteiger charge is -2.07. The van der Waals surface area contributed by atoms with Crippen LogP contribution in [0.5, 0.6) is 0 Å². The van der Waals surface area contributed by atoms with Crippen molar-refractivity contribution >= 4 is 23.2 Å². The predicted molar refractivity (Wildman–Crippen MR) is 114 cm³/mol. The van der Waals surface area contributed by atoms with Gasteiger partial charge in [0.1, 0.15) is 11.5 Å². The van der Waals surface area contributed by atoms with Gasteiger partial charge in [-0.05, 0) is 61.9 Å². The van der Waals surface area contributed by atoms with Gasteiger partial charge >= 0.3 is 0 Å². The summed E-state index contributed by atoms with van der Waals surface area (Å²) in [4.78, 5) is 12.7. The average molecular weight is 424 g/mol. The minimum Gasteiger partial charge on any atom is -0.318 e. The third kappa shape index (κ3) is 4.11. The number of nitrogens with zero attached hydrogens (tertiary/aromatic N) is 3. The summed E-state index contributed by atoms with van der Waals surface area (Å²) in [6.07, 6.45) is 0. The molecule has 2 heterocycles. The Bertz CT molecular complexity index is 1200. The van der Waals surface area contributed by atoms with Crippen LogP contribution in [0.3, 0.4) is 0 Å². The smallest absolute Gasteiger partial charge is 0.273 e. The highest BCUT2D eigenvalue weighted by Crippen LogP contribution is 2.23. The fraction of sp³-hybridized carbons (Fsp3) is 0.136. The third-order valence-electron chi connectivity index (χ3n) is 4.83. The summed E-state index contributed by atoms with van der Waals surface area (Å²) >= 11 is 5.94. The summed E-state index contributed by atoms with van der Waals surface area (Å²) in [7, 11) is 0. The summed E-state index contributed by atoms with van der Waals surface area (Å²) in [6, 6.07) is 15.1. The average Bonchev–Trinajstić information content (AvgIpc) is 3.32. The molecule has 0 bridgehead atoms. The maximum atomic E-state index is 13.1. The summed E-state index contributed by atoms with van der Waals surface area (Å²) in [5.74, 6) is -0.651. The molecular formula is C22H19ClFN5O. The van der Waals surface area contributed by atoms with Crippen molar-refractivity contribution in [1.29, 1.82) is 0 Å². The van der Waals surface area contributed by atoms with Crippen molar-refractivity contribution in [2.75, 3.05) is 5.32 Å². The monoisotopic (exact) mass is 423 g/mol. The van der Waals surface area contributed by atoms with Crippen LogP contribution in [0.2, 0.25) is 5.02 Å². The van der Waals surface area contributed by atoms with Crippen LogP contribution in [-0.2, 0) is 6.54 Å². The van der Waals surface area contributed by atoms with Gasteiger partial charge in [0, 0.05) is 10.6 Å². The number of carbonyl (C=O) groups excluding carboxylic acids is 1. The first kappa shape index (κ1) is 19.8. The van der Waals surface area contributed by atoms with Crippen LogP contribution in [0.4, 0.5) is 10.1 Å². The number of aromatic nitrogens is 4. The number of aromatic amines is 1. The largest absolute Gasteiger partial charge is 0.318 e. The lowest BCUT2D eigenvalue weighted by Crippen LogP contribution is -2.14. The highest BCUT2D eigenvalue weighted by molar-refractivity contribution is 6.30. The molecule has 2 aromatic carbocycles. The number of hydrogen-bond acceptors (Lipinski definition) is 3. The van der Waals surface area contributed by atoms with Gasteiger partial charge in [-0.1, -0.05) is 23.7 Å². The van der Waals surface area contributed by atoms with Gasteiger partial charge in [0.2, 0.25) is 0 Å². The van der Waals surface area contributed by atoms with Gasteiger partial charge in [0.25, 0.3) is 5.91 Å². The number of hydrogen-bond donors (Lipinski definition) is 2. The first-order valence-corrected chi connectivity index (χ1v) is 9.69. The molecule has 4 rings (SSSR count). The van der Waals surface area contributed by atoms with E-state index >= 15 is 0 Å². The number of benzene rings is 2. The van der Waals surface area contributed by atoms with E-state index in [2.05, 4.69) is 20.6 Å². The van der Waals surface area contributed by atoms with Crippen molar-refractivity contribution in [1.82, 2.24) is 20.0 Å². The number of halogens is 2. The van der Waals surface area contributed by atoms with E-state index in [-0.39, 0.29) is 11.7 Å². The van der Waals surface area contributed by atoms with Crippen LogP contribution in [0.1, 0.15) is 27.4 Å². The van der Waals surface area contributed by atoms with Crippen LogP contribution in [-0.4, -0.2) is 25.9 Å². The maximum Gasteiger partial charge on any atom is 0.273 e. The molecule has 0 radical (unpaired) electrons. The molecule has 0 aliphatic heterocycles. The molecule has 0 spiro atoms. The molecule has 1 amide bonds. The lowest BCUT2D eigenvalue weighted by atomic mass is 10.1. The second kappa shape index (κ2) is 8.12. The van der Waals surface area contributed by atoms with Crippen molar-refractivity contribution in [3.8, 4) is 11.3 Å². The summed E-state index contributed by atoms with van der Waals surface area (Å²) in [5.41, 5.74) is 4.86. The number of nitrogens with one attached hydrogen (secondary N) is 2. The molecule has 0 atom stereocenters. The number of anilines is 1. The zero-order valence-electron chi connectivity index (χ0n) is 16.4. The molecule has 0 saturated heterocycles. The van der Waals surface area contributed by atoms with E-state index in [1.807, 2.05) is 42.8 Å². The van der Waals surface area contributed by atoms with Crippen LogP contribution in [0.25, 0.3) is 11.3 Å². The topological polar surface area (TPSA) is 75.6 Å². The quantitative estimate of drug-likeness (QED) is 0.475. The Balaban J connectivity index is 1.51. The molecule has 0 aliphatic carbocycles. The number of amides is 1. The van der Waals surface area contributed by atoms with Crippen molar-refractivity contribution in [3.05, 3.63) is 88.1 Å². The van der Waals surface area contributed by atoms with Crippen LogP contribution in [0.15, 0.2) is 54.6 Å². The predicted octanol–water partition coefficient (Wildman–Crippen LogP) is 4.98. The van der Waals surface area contributed by atoms with Gasteiger partial charge in [0.05, 0.1) is 29.3 Å². The summed E-state index contributed by atoms with van der Waals surface area (Å²) < 4.78 is 14.9. The molecule has 0 saturated carbocycles. The molecule has 8 heteroatoms. The van der Waals surface area contributed by atoms with Gasteiger partial charge < -0.3 is 5.32 Å². The molecule has 30 heavy (non-hydrogen) atoms. The zero-order valence-corrected chi connectivity index (χ0v) is 17.2. The molecule has 4 aromatic rings. The Hall–Kier alpha value is -3.45. The summed E-state index contributed by atoms with van der Waals surface area (Å²) in [6.45, 7) is 4.32. The summed E-state index contributed by atoms with van der Waals surface area (Å²) in [5, 5.41) is 15.0. The number of H-pyrrole nitrogens is 1. The van der Waals surface area contributed by atoms with Crippen molar-refractivity contribution in [3.63, 3.8) is 0 Å². The first-order valence-electron chi connectivity index (χ1n) is 9.32. The second-order valence-electron chi connectivity index (χ2n) is 6.96. The highest BCUT2D eigenvalue weighted by atomic mass is 35.5. The van der Waals surface area contributed by atoms with Crippen LogP contribution >= 0.6 is 11.6 Å². The molecular weight excluding hydrogens is 405 g/mol. The molecule has 2 aromatic heterocycles. The van der Waals surface area contributed by atoms with Crippen LogP contribution < -0.4 is 5.32 Å². The van der Waals surface area contributed by atoms with Gasteiger partial charge in [-0.15, -0.1) is 0 Å². The van der Waals surface area contributed by atoms with Gasteiger partial charge in [-0.2, -0.15) is 10.2 Å². The lowest BCUT2D eigenvalue weighted by molar-refractivity contribution is 0.102. The van der Waals surface area contributed by atoms with E-state index in [0.29, 0.717) is 34.3 Å². The van der Waals surface area contributed by atoms with E-state index in [9.17, 15) is 9.18 Å². The van der Waals surface area contributed by atoms with E-state index in [1.54, 1.807) is 18.2 Å². The van der Waals surface area contributed by atoms with Crippen molar-refractivity contribution in [2.24, 2.45) is 0 Å². The Morgan fingerprint density at radius 2 is 1.83 bits per heavy atom. The third-order valence-corrected chi connectivity index (χ3v) is 5.08. The van der Waals surface area contributed by atoms with E-state index in [0.717, 1.165) is 16.8 Å². The van der Waals surface area contributed by atoms with Gasteiger partial charge in [0.15, 0.2) is 0 Å². The highest BCUT2D eigenvalue weighted by Gasteiger charge is 2.17. The first-order chi connectivity index (χ1) is 14.4. The zero-order chi connectivity index (χ0) is 21.3. The van der Waals surface area contributed by atoms with Gasteiger partial charge in [-0.3, -0.25) is 14.6 Å². The Morgan fingerprint density at radius 1 is 1.13 bits per heavy atom. The Kier molecular flexibility index (Phi) is 5.37. The number of rotatable bonds is 5. The van der Waals surface area contributed by atoms with Gasteiger partial charge in [-0.25, -0.2) is 4.39 Å². The van der Waals surface area contributed by atoms with E-state index in [4.69, 9.17) is 11.6 Å². The van der Waals surface area contributed by atoms with Crippen LogP contribution in [0, 0.1) is 19.7 Å². The van der Waals surface area contributed by atoms with E-state index < -0.39 is 0 Å². The van der Waals surface area contributed by atoms with E-state index in [1.165, 1.54) is 12.1 Å². The Morgan fingerprint density at radius 3 is 2.53 bits per heavy atom. The molecule has 0 aliphatic rings. The number of aryl methyl sites for hydroxylation is 1. The number of carbonyl (C=O) groups is 1. The molecule has 0 unspecified atom stereocenters. The Labute approximate surface area is 177 Å². The molecule has 0 fully saturated rings. The second-order valence-corrected chi connectivity index (χ2v) is 7.39. The molecule has 152 valence electrons. The normalized spacial score (nSPS) is 10.9.